The molecular weight excluding hydrogens is 252 g/mol. The highest BCUT2D eigenvalue weighted by Crippen LogP contribution is 2.27. The van der Waals surface area contributed by atoms with E-state index in [0.717, 1.165) is 18.2 Å². The van der Waals surface area contributed by atoms with E-state index < -0.39 is 0 Å². The third kappa shape index (κ3) is 5.61. The maximum Gasteiger partial charge on any atom is 0.234 e. The van der Waals surface area contributed by atoms with Crippen molar-refractivity contribution in [1.29, 1.82) is 0 Å². The van der Waals surface area contributed by atoms with Crippen molar-refractivity contribution in [1.82, 2.24) is 10.6 Å². The van der Waals surface area contributed by atoms with Crippen molar-refractivity contribution in [2.45, 2.75) is 26.7 Å². The predicted molar refractivity (Wildman–Crippen MR) is 80.0 cm³/mol. The van der Waals surface area contributed by atoms with Crippen LogP contribution in [-0.2, 0) is 4.79 Å². The molecule has 4 heteroatoms. The van der Waals surface area contributed by atoms with Crippen molar-refractivity contribution in [3.05, 3.63) is 29.3 Å². The van der Waals surface area contributed by atoms with Crippen LogP contribution in [0.1, 0.15) is 24.0 Å². The minimum absolute atomic E-state index is 0.0367. The lowest BCUT2D eigenvalue weighted by Gasteiger charge is -2.09. The van der Waals surface area contributed by atoms with Gasteiger partial charge in [-0.1, -0.05) is 6.07 Å². The van der Waals surface area contributed by atoms with Crippen LogP contribution in [0, 0.1) is 19.8 Å². The number of aryl methyl sites for hydroxylation is 2. The average Bonchev–Trinajstić information content (AvgIpc) is 3.17. The lowest BCUT2D eigenvalue weighted by molar-refractivity contribution is -0.120. The van der Waals surface area contributed by atoms with Gasteiger partial charge in [-0.05, 0) is 62.4 Å². The SMILES string of the molecule is Cc1cc(C)cc(OCCNC(=O)CNCC2CC2)c1. The molecule has 1 aromatic rings. The number of nitrogens with one attached hydrogen (secondary N) is 2. The van der Waals surface area contributed by atoms with Gasteiger partial charge < -0.3 is 15.4 Å². The fourth-order valence-electron chi connectivity index (χ4n) is 2.15. The molecule has 2 rings (SSSR count). The number of hydrogen-bond donors (Lipinski definition) is 2. The second-order valence-electron chi connectivity index (χ2n) is 5.60. The van der Waals surface area contributed by atoms with Gasteiger partial charge in [-0.15, -0.1) is 0 Å². The fourth-order valence-corrected chi connectivity index (χ4v) is 2.15. The monoisotopic (exact) mass is 276 g/mol. The van der Waals surface area contributed by atoms with Crippen LogP contribution in [0.15, 0.2) is 18.2 Å². The lowest BCUT2D eigenvalue weighted by atomic mass is 10.1. The Kier molecular flexibility index (Phi) is 5.41. The van der Waals surface area contributed by atoms with E-state index in [1.807, 2.05) is 26.0 Å². The highest BCUT2D eigenvalue weighted by Gasteiger charge is 2.20. The summed E-state index contributed by atoms with van der Waals surface area (Å²) in [5.74, 6) is 1.70. The quantitative estimate of drug-likeness (QED) is 0.712. The van der Waals surface area contributed by atoms with Gasteiger partial charge in [-0.25, -0.2) is 0 Å². The first kappa shape index (κ1) is 14.9. The van der Waals surface area contributed by atoms with Gasteiger partial charge in [0, 0.05) is 0 Å². The molecule has 0 unspecified atom stereocenters. The van der Waals surface area contributed by atoms with E-state index in [0.29, 0.717) is 19.7 Å². The summed E-state index contributed by atoms with van der Waals surface area (Å²) in [4.78, 5) is 11.5. The van der Waals surface area contributed by atoms with Crippen LogP contribution in [0.2, 0.25) is 0 Å². The fraction of sp³-hybridized carbons (Fsp3) is 0.562. The Labute approximate surface area is 120 Å². The number of amides is 1. The van der Waals surface area contributed by atoms with Crippen molar-refractivity contribution >= 4 is 5.91 Å². The van der Waals surface area contributed by atoms with Crippen molar-refractivity contribution < 1.29 is 9.53 Å². The van der Waals surface area contributed by atoms with E-state index in [2.05, 4.69) is 16.7 Å². The first-order valence-electron chi connectivity index (χ1n) is 7.32. The number of benzene rings is 1. The third-order valence-corrected chi connectivity index (χ3v) is 3.30. The number of hydrogen-bond acceptors (Lipinski definition) is 3. The summed E-state index contributed by atoms with van der Waals surface area (Å²) in [6.45, 7) is 6.50. The molecule has 0 heterocycles. The van der Waals surface area contributed by atoms with E-state index in [1.165, 1.54) is 24.0 Å². The Bertz CT molecular complexity index is 436. The van der Waals surface area contributed by atoms with Crippen molar-refractivity contribution in [2.75, 3.05) is 26.2 Å². The molecule has 2 N–H and O–H groups in total. The summed E-state index contributed by atoms with van der Waals surface area (Å²) >= 11 is 0. The Balaban J connectivity index is 1.56. The van der Waals surface area contributed by atoms with Gasteiger partial charge in [0.2, 0.25) is 5.91 Å². The van der Waals surface area contributed by atoms with Crippen LogP contribution >= 0.6 is 0 Å². The van der Waals surface area contributed by atoms with E-state index in [4.69, 9.17) is 4.74 Å². The van der Waals surface area contributed by atoms with E-state index in [9.17, 15) is 4.79 Å². The molecule has 0 saturated heterocycles. The number of carbonyl (C=O) groups excluding carboxylic acids is 1. The van der Waals surface area contributed by atoms with Gasteiger partial charge >= 0.3 is 0 Å². The summed E-state index contributed by atoms with van der Waals surface area (Å²) in [6.07, 6.45) is 2.61. The Morgan fingerprint density at radius 3 is 2.60 bits per heavy atom. The van der Waals surface area contributed by atoms with Crippen LogP contribution in [0.3, 0.4) is 0 Å². The van der Waals surface area contributed by atoms with Crippen molar-refractivity contribution in [3.63, 3.8) is 0 Å². The predicted octanol–water partition coefficient (Wildman–Crippen LogP) is 1.80. The number of ether oxygens (including phenoxy) is 1. The molecule has 1 saturated carbocycles. The van der Waals surface area contributed by atoms with Gasteiger partial charge in [0.25, 0.3) is 0 Å². The Morgan fingerprint density at radius 1 is 1.25 bits per heavy atom. The maximum absolute atomic E-state index is 11.5. The van der Waals surface area contributed by atoms with E-state index >= 15 is 0 Å². The molecule has 0 aliphatic heterocycles. The molecule has 20 heavy (non-hydrogen) atoms. The molecular formula is C16H24N2O2. The molecule has 110 valence electrons. The zero-order chi connectivity index (χ0) is 14.4. The molecule has 0 bridgehead atoms. The van der Waals surface area contributed by atoms with Crippen molar-refractivity contribution in [2.24, 2.45) is 5.92 Å². The second-order valence-corrected chi connectivity index (χ2v) is 5.60. The number of rotatable bonds is 8. The zero-order valence-electron chi connectivity index (χ0n) is 12.4. The largest absolute Gasteiger partial charge is 0.492 e. The molecule has 1 aromatic carbocycles. The molecule has 0 radical (unpaired) electrons. The van der Waals surface area contributed by atoms with Gasteiger partial charge in [0.15, 0.2) is 0 Å². The molecule has 1 aliphatic rings. The highest BCUT2D eigenvalue weighted by atomic mass is 16.5. The van der Waals surface area contributed by atoms with Gasteiger partial charge in [-0.3, -0.25) is 4.79 Å². The van der Waals surface area contributed by atoms with Gasteiger partial charge in [-0.2, -0.15) is 0 Å². The summed E-state index contributed by atoms with van der Waals surface area (Å²) < 4.78 is 5.64. The molecule has 1 fully saturated rings. The molecule has 1 amide bonds. The normalized spacial score (nSPS) is 14.1. The minimum Gasteiger partial charge on any atom is -0.492 e. The first-order chi connectivity index (χ1) is 9.63. The van der Waals surface area contributed by atoms with Crippen molar-refractivity contribution in [3.8, 4) is 5.75 Å². The van der Waals surface area contributed by atoms with Crippen LogP contribution in [0.5, 0.6) is 5.75 Å². The van der Waals surface area contributed by atoms with Crippen LogP contribution < -0.4 is 15.4 Å². The highest BCUT2D eigenvalue weighted by molar-refractivity contribution is 5.77. The lowest BCUT2D eigenvalue weighted by Crippen LogP contribution is -2.36. The molecule has 0 atom stereocenters. The summed E-state index contributed by atoms with van der Waals surface area (Å²) in [6, 6.07) is 6.12. The third-order valence-electron chi connectivity index (χ3n) is 3.30. The average molecular weight is 276 g/mol. The van der Waals surface area contributed by atoms with E-state index in [1.54, 1.807) is 0 Å². The van der Waals surface area contributed by atoms with Crippen LogP contribution in [0.25, 0.3) is 0 Å². The molecule has 4 nitrogen and oxygen atoms in total. The molecule has 0 spiro atoms. The zero-order valence-corrected chi connectivity index (χ0v) is 12.4. The first-order valence-corrected chi connectivity index (χ1v) is 7.32. The summed E-state index contributed by atoms with van der Waals surface area (Å²) in [5, 5.41) is 6.02. The van der Waals surface area contributed by atoms with Gasteiger partial charge in [0.05, 0.1) is 13.1 Å². The summed E-state index contributed by atoms with van der Waals surface area (Å²) in [7, 11) is 0. The molecule has 1 aliphatic carbocycles. The van der Waals surface area contributed by atoms with Gasteiger partial charge in [0.1, 0.15) is 12.4 Å². The Hall–Kier alpha value is -1.55. The summed E-state index contributed by atoms with van der Waals surface area (Å²) in [5.41, 5.74) is 2.38. The standard InChI is InChI=1S/C16H24N2O2/c1-12-7-13(2)9-15(8-12)20-6-5-18-16(19)11-17-10-14-3-4-14/h7-9,14,17H,3-6,10-11H2,1-2H3,(H,18,19). The number of carbonyl (C=O) groups is 1. The molecule has 0 aromatic heterocycles. The van der Waals surface area contributed by atoms with Crippen LogP contribution in [0.4, 0.5) is 0 Å². The topological polar surface area (TPSA) is 50.4 Å². The minimum atomic E-state index is 0.0367. The maximum atomic E-state index is 11.5. The van der Waals surface area contributed by atoms with E-state index in [-0.39, 0.29) is 5.91 Å². The van der Waals surface area contributed by atoms with Crippen LogP contribution in [-0.4, -0.2) is 32.1 Å². The Morgan fingerprint density at radius 2 is 1.95 bits per heavy atom. The second kappa shape index (κ2) is 7.29. The smallest absolute Gasteiger partial charge is 0.234 e.